The van der Waals surface area contributed by atoms with Gasteiger partial charge in [-0.15, -0.1) is 0 Å². The lowest BCUT2D eigenvalue weighted by Crippen LogP contribution is -2.30. The lowest BCUT2D eigenvalue weighted by molar-refractivity contribution is -0.193. The Morgan fingerprint density at radius 1 is 1.21 bits per heavy atom. The summed E-state index contributed by atoms with van der Waals surface area (Å²) < 4.78 is 15.1. The van der Waals surface area contributed by atoms with E-state index < -0.39 is 24.3 Å². The minimum absolute atomic E-state index is 0.0660. The highest BCUT2D eigenvalue weighted by molar-refractivity contribution is 5.67. The highest BCUT2D eigenvalue weighted by Crippen LogP contribution is 2.24. The highest BCUT2D eigenvalue weighted by Gasteiger charge is 2.37. The van der Waals surface area contributed by atoms with Crippen LogP contribution in [-0.2, 0) is 23.8 Å². The van der Waals surface area contributed by atoms with E-state index in [1.807, 2.05) is 6.92 Å². The van der Waals surface area contributed by atoms with Crippen molar-refractivity contribution in [2.24, 2.45) is 0 Å². The Morgan fingerprint density at radius 2 is 1.79 bits per heavy atom. The molecule has 14 heavy (non-hydrogen) atoms. The topological polar surface area (TPSA) is 61.8 Å². The summed E-state index contributed by atoms with van der Waals surface area (Å²) in [5.74, 6) is -0.842. The van der Waals surface area contributed by atoms with Crippen LogP contribution in [0.3, 0.4) is 0 Å². The van der Waals surface area contributed by atoms with Crippen LogP contribution in [0.4, 0.5) is 0 Å². The smallest absolute Gasteiger partial charge is 0.305 e. The molecule has 3 atom stereocenters. The van der Waals surface area contributed by atoms with Crippen molar-refractivity contribution in [2.45, 2.75) is 45.7 Å². The van der Waals surface area contributed by atoms with Crippen molar-refractivity contribution in [1.82, 2.24) is 0 Å². The lowest BCUT2D eigenvalue weighted by atomic mass is 10.2. The number of ether oxygens (including phenoxy) is 3. The number of carbonyl (C=O) groups is 2. The van der Waals surface area contributed by atoms with Gasteiger partial charge >= 0.3 is 11.9 Å². The van der Waals surface area contributed by atoms with E-state index in [2.05, 4.69) is 0 Å². The molecule has 0 N–H and O–H groups in total. The van der Waals surface area contributed by atoms with Crippen molar-refractivity contribution in [1.29, 1.82) is 0 Å². The quantitative estimate of drug-likeness (QED) is 0.614. The molecule has 5 nitrogen and oxygen atoms in total. The van der Waals surface area contributed by atoms with Gasteiger partial charge in [0.15, 0.2) is 6.10 Å². The zero-order valence-electron chi connectivity index (χ0n) is 8.48. The van der Waals surface area contributed by atoms with Gasteiger partial charge in [-0.25, -0.2) is 0 Å². The largest absolute Gasteiger partial charge is 0.456 e. The molecule has 0 radical (unpaired) electrons. The maximum absolute atomic E-state index is 10.7. The zero-order chi connectivity index (χ0) is 10.7. The summed E-state index contributed by atoms with van der Waals surface area (Å²) >= 11 is 0. The van der Waals surface area contributed by atoms with Gasteiger partial charge < -0.3 is 14.2 Å². The van der Waals surface area contributed by atoms with Crippen molar-refractivity contribution in [3.05, 3.63) is 0 Å². The third-order valence-corrected chi connectivity index (χ3v) is 1.83. The van der Waals surface area contributed by atoms with E-state index in [0.29, 0.717) is 6.42 Å². The molecule has 0 saturated carbocycles. The molecule has 80 valence electrons. The first-order chi connectivity index (χ1) is 6.49. The SMILES string of the molecule is CC(=O)O[C@@H]1O[C@H](C)C[C@H]1OC(C)=O. The molecular weight excluding hydrogens is 188 g/mol. The van der Waals surface area contributed by atoms with E-state index in [4.69, 9.17) is 14.2 Å². The van der Waals surface area contributed by atoms with Crippen molar-refractivity contribution >= 4 is 11.9 Å². The van der Waals surface area contributed by atoms with Gasteiger partial charge in [-0.2, -0.15) is 0 Å². The van der Waals surface area contributed by atoms with Gasteiger partial charge in [0.2, 0.25) is 6.29 Å². The number of carbonyl (C=O) groups excluding carboxylic acids is 2. The molecule has 0 bridgehead atoms. The highest BCUT2D eigenvalue weighted by atomic mass is 16.7. The van der Waals surface area contributed by atoms with Gasteiger partial charge in [0, 0.05) is 20.3 Å². The molecule has 0 aromatic rings. The average molecular weight is 202 g/mol. The molecule has 0 unspecified atom stereocenters. The van der Waals surface area contributed by atoms with Gasteiger partial charge in [0.25, 0.3) is 0 Å². The predicted molar refractivity (Wildman–Crippen MR) is 46.3 cm³/mol. The minimum Gasteiger partial charge on any atom is -0.456 e. The summed E-state index contributed by atoms with van der Waals surface area (Å²) in [4.78, 5) is 21.4. The third-order valence-electron chi connectivity index (χ3n) is 1.83. The molecule has 5 heteroatoms. The molecule has 0 aromatic heterocycles. The van der Waals surface area contributed by atoms with Crippen LogP contribution < -0.4 is 0 Å². The molecule has 0 aromatic carbocycles. The average Bonchev–Trinajstić information content (AvgIpc) is 2.28. The molecule has 1 rings (SSSR count). The summed E-state index contributed by atoms with van der Waals surface area (Å²) in [6, 6.07) is 0. The molecule has 0 aliphatic carbocycles. The summed E-state index contributed by atoms with van der Waals surface area (Å²) in [5.41, 5.74) is 0. The predicted octanol–water partition coefficient (Wildman–Crippen LogP) is 0.616. The fourth-order valence-electron chi connectivity index (χ4n) is 1.39. The van der Waals surface area contributed by atoms with Crippen LogP contribution in [0.5, 0.6) is 0 Å². The fourth-order valence-corrected chi connectivity index (χ4v) is 1.39. The Labute approximate surface area is 82.3 Å². The summed E-state index contributed by atoms with van der Waals surface area (Å²) in [5, 5.41) is 0. The number of rotatable bonds is 2. The normalized spacial score (nSPS) is 31.2. The molecule has 1 heterocycles. The molecule has 0 spiro atoms. The zero-order valence-corrected chi connectivity index (χ0v) is 8.48. The Bertz CT molecular complexity index is 213. The van der Waals surface area contributed by atoms with Crippen LogP contribution in [0, 0.1) is 0 Å². The number of esters is 2. The van der Waals surface area contributed by atoms with Crippen LogP contribution in [0.25, 0.3) is 0 Å². The monoisotopic (exact) mass is 202 g/mol. The second-order valence-corrected chi connectivity index (χ2v) is 3.31. The van der Waals surface area contributed by atoms with E-state index in [0.717, 1.165) is 0 Å². The summed E-state index contributed by atoms with van der Waals surface area (Å²) in [6.07, 6.45) is -0.751. The molecule has 1 fully saturated rings. The first-order valence-corrected chi connectivity index (χ1v) is 4.49. The van der Waals surface area contributed by atoms with Crippen LogP contribution in [0.2, 0.25) is 0 Å². The molecule has 1 saturated heterocycles. The second-order valence-electron chi connectivity index (χ2n) is 3.31. The van der Waals surface area contributed by atoms with Gasteiger partial charge in [-0.1, -0.05) is 0 Å². The van der Waals surface area contributed by atoms with Gasteiger partial charge in [0.1, 0.15) is 0 Å². The van der Waals surface area contributed by atoms with E-state index in [1.54, 1.807) is 0 Å². The molecular formula is C9H14O5. The Balaban J connectivity index is 2.53. The Kier molecular flexibility index (Phi) is 3.46. The molecule has 0 amide bonds. The Morgan fingerprint density at radius 3 is 2.29 bits per heavy atom. The first-order valence-electron chi connectivity index (χ1n) is 4.49. The van der Waals surface area contributed by atoms with Crippen molar-refractivity contribution in [3.63, 3.8) is 0 Å². The summed E-state index contributed by atoms with van der Waals surface area (Å²) in [6.45, 7) is 4.44. The molecule has 1 aliphatic rings. The van der Waals surface area contributed by atoms with Crippen LogP contribution in [0.1, 0.15) is 27.2 Å². The van der Waals surface area contributed by atoms with Gasteiger partial charge in [-0.05, 0) is 6.92 Å². The van der Waals surface area contributed by atoms with Crippen LogP contribution >= 0.6 is 0 Å². The maximum atomic E-state index is 10.7. The van der Waals surface area contributed by atoms with Crippen LogP contribution in [0.15, 0.2) is 0 Å². The van der Waals surface area contributed by atoms with E-state index in [-0.39, 0.29) is 6.10 Å². The minimum atomic E-state index is -0.758. The number of hydrogen-bond acceptors (Lipinski definition) is 5. The lowest BCUT2D eigenvalue weighted by Gasteiger charge is -2.17. The van der Waals surface area contributed by atoms with Gasteiger partial charge in [-0.3, -0.25) is 9.59 Å². The van der Waals surface area contributed by atoms with E-state index >= 15 is 0 Å². The maximum Gasteiger partial charge on any atom is 0.305 e. The van der Waals surface area contributed by atoms with Crippen LogP contribution in [-0.4, -0.2) is 30.4 Å². The summed E-state index contributed by atoms with van der Waals surface area (Å²) in [7, 11) is 0. The van der Waals surface area contributed by atoms with Gasteiger partial charge in [0.05, 0.1) is 6.10 Å². The Hall–Kier alpha value is -1.10. The fraction of sp³-hybridized carbons (Fsp3) is 0.778. The molecule has 1 aliphatic heterocycles. The standard InChI is InChI=1S/C9H14O5/c1-5-4-8(13-6(2)10)9(12-5)14-7(3)11/h5,8-9H,4H2,1-3H3/t5-,8-,9+/m1/s1. The van der Waals surface area contributed by atoms with Crippen molar-refractivity contribution < 1.29 is 23.8 Å². The van der Waals surface area contributed by atoms with Crippen molar-refractivity contribution in [3.8, 4) is 0 Å². The number of hydrogen-bond donors (Lipinski definition) is 0. The third kappa shape index (κ3) is 2.99. The van der Waals surface area contributed by atoms with E-state index in [9.17, 15) is 9.59 Å². The second kappa shape index (κ2) is 4.41. The first kappa shape index (κ1) is 11.0. The van der Waals surface area contributed by atoms with Crippen molar-refractivity contribution in [2.75, 3.05) is 0 Å². The van der Waals surface area contributed by atoms with E-state index in [1.165, 1.54) is 13.8 Å².